The highest BCUT2D eigenvalue weighted by Crippen LogP contribution is 2.32. The number of esters is 1. The molecule has 1 aliphatic heterocycles. The van der Waals surface area contributed by atoms with Crippen molar-refractivity contribution in [2.75, 3.05) is 14.2 Å². The minimum absolute atomic E-state index is 0.422. The van der Waals surface area contributed by atoms with Crippen LogP contribution >= 0.6 is 23.8 Å². The summed E-state index contributed by atoms with van der Waals surface area (Å²) in [6, 6.07) is 4.89. The van der Waals surface area contributed by atoms with Crippen LogP contribution in [0.2, 0.25) is 5.02 Å². The summed E-state index contributed by atoms with van der Waals surface area (Å²) in [4.78, 5) is 12.0. The molecule has 0 radical (unpaired) electrons. The smallest absolute Gasteiger partial charge is 0.337 e. The predicted molar refractivity (Wildman–Crippen MR) is 84.3 cm³/mol. The van der Waals surface area contributed by atoms with Crippen LogP contribution in [-0.2, 0) is 9.53 Å². The molecule has 1 heterocycles. The van der Waals surface area contributed by atoms with Gasteiger partial charge in [0.25, 0.3) is 0 Å². The Bertz CT molecular complexity index is 631. The molecule has 7 heteroatoms. The number of carbonyl (C=O) groups is 1. The van der Waals surface area contributed by atoms with E-state index in [1.54, 1.807) is 26.2 Å². The molecule has 1 aliphatic rings. The Labute approximate surface area is 133 Å². The van der Waals surface area contributed by atoms with Gasteiger partial charge in [0.2, 0.25) is 0 Å². The zero-order valence-electron chi connectivity index (χ0n) is 11.8. The highest BCUT2D eigenvalue weighted by molar-refractivity contribution is 7.80. The Morgan fingerprint density at radius 3 is 2.67 bits per heavy atom. The summed E-state index contributed by atoms with van der Waals surface area (Å²) in [5.41, 5.74) is 1.92. The topological polar surface area (TPSA) is 59.6 Å². The number of halogens is 1. The standard InChI is InChI=1S/C14H15ClN2O3S/c1-7-11(13(18)20-3)12(17-14(21)16-7)8-4-5-10(19-2)9(15)6-8/h4-6,12H,1-3H3,(H2,16,17,21)/t12-/m1/s1. The second kappa shape index (κ2) is 6.32. The van der Waals surface area contributed by atoms with Gasteiger partial charge in [0.15, 0.2) is 5.11 Å². The zero-order valence-corrected chi connectivity index (χ0v) is 13.4. The molecule has 0 unspecified atom stereocenters. The fourth-order valence-corrected chi connectivity index (χ4v) is 2.72. The molecule has 0 amide bonds. The predicted octanol–water partition coefficient (Wildman–Crippen LogP) is 2.31. The van der Waals surface area contributed by atoms with Gasteiger partial charge in [-0.05, 0) is 36.8 Å². The monoisotopic (exact) mass is 326 g/mol. The molecule has 0 fully saturated rings. The van der Waals surface area contributed by atoms with E-state index in [-0.39, 0.29) is 0 Å². The Hall–Kier alpha value is -1.79. The Morgan fingerprint density at radius 1 is 1.38 bits per heavy atom. The molecule has 2 N–H and O–H groups in total. The summed E-state index contributed by atoms with van der Waals surface area (Å²) < 4.78 is 9.98. The SMILES string of the molecule is COC(=O)C1=C(C)NC(=S)N[C@@H]1c1ccc(OC)c(Cl)c1. The number of carbonyl (C=O) groups excluding carboxylic acids is 1. The van der Waals surface area contributed by atoms with Crippen LogP contribution in [0.25, 0.3) is 0 Å². The van der Waals surface area contributed by atoms with Crippen molar-refractivity contribution in [2.24, 2.45) is 0 Å². The molecular formula is C14H15ClN2O3S. The van der Waals surface area contributed by atoms with Crippen molar-refractivity contribution in [3.05, 3.63) is 40.1 Å². The van der Waals surface area contributed by atoms with Crippen LogP contribution in [-0.4, -0.2) is 25.3 Å². The van der Waals surface area contributed by atoms with Gasteiger partial charge < -0.3 is 20.1 Å². The summed E-state index contributed by atoms with van der Waals surface area (Å²) in [6.07, 6.45) is 0. The van der Waals surface area contributed by atoms with Crippen LogP contribution in [0.5, 0.6) is 5.75 Å². The van der Waals surface area contributed by atoms with Crippen molar-refractivity contribution in [2.45, 2.75) is 13.0 Å². The molecule has 0 aliphatic carbocycles. The first-order valence-corrected chi connectivity index (χ1v) is 6.96. The average molecular weight is 327 g/mol. The van der Waals surface area contributed by atoms with Crippen LogP contribution < -0.4 is 15.4 Å². The molecule has 1 aromatic carbocycles. The minimum Gasteiger partial charge on any atom is -0.495 e. The lowest BCUT2D eigenvalue weighted by Crippen LogP contribution is -2.45. The van der Waals surface area contributed by atoms with Crippen molar-refractivity contribution in [3.8, 4) is 5.75 Å². The molecule has 0 saturated heterocycles. The molecule has 112 valence electrons. The molecule has 1 aromatic rings. The Kier molecular flexibility index (Phi) is 4.69. The molecule has 0 spiro atoms. The van der Waals surface area contributed by atoms with Crippen molar-refractivity contribution >= 4 is 34.9 Å². The van der Waals surface area contributed by atoms with Gasteiger partial charge in [-0.15, -0.1) is 0 Å². The maximum atomic E-state index is 12.0. The number of allylic oxidation sites excluding steroid dienone is 1. The number of hydrogen-bond acceptors (Lipinski definition) is 4. The summed E-state index contributed by atoms with van der Waals surface area (Å²) in [6.45, 7) is 1.78. The van der Waals surface area contributed by atoms with Crippen molar-refractivity contribution in [3.63, 3.8) is 0 Å². The van der Waals surface area contributed by atoms with Gasteiger partial charge in [0.05, 0.1) is 30.9 Å². The molecule has 0 bridgehead atoms. The van der Waals surface area contributed by atoms with E-state index in [4.69, 9.17) is 33.3 Å². The zero-order chi connectivity index (χ0) is 15.6. The van der Waals surface area contributed by atoms with E-state index < -0.39 is 12.0 Å². The van der Waals surface area contributed by atoms with Crippen molar-refractivity contribution < 1.29 is 14.3 Å². The number of benzene rings is 1. The average Bonchev–Trinajstić information content (AvgIpc) is 2.45. The normalized spacial score (nSPS) is 17.9. The van der Waals surface area contributed by atoms with E-state index >= 15 is 0 Å². The molecule has 0 saturated carbocycles. The third kappa shape index (κ3) is 3.11. The van der Waals surface area contributed by atoms with Gasteiger partial charge in [-0.2, -0.15) is 0 Å². The Morgan fingerprint density at radius 2 is 2.10 bits per heavy atom. The van der Waals surface area contributed by atoms with Gasteiger partial charge in [0, 0.05) is 5.70 Å². The van der Waals surface area contributed by atoms with Crippen molar-refractivity contribution in [1.29, 1.82) is 0 Å². The maximum Gasteiger partial charge on any atom is 0.337 e. The van der Waals surface area contributed by atoms with E-state index in [2.05, 4.69) is 10.6 Å². The third-order valence-corrected chi connectivity index (χ3v) is 3.70. The number of hydrogen-bond donors (Lipinski definition) is 2. The van der Waals surface area contributed by atoms with Crippen LogP contribution in [0.15, 0.2) is 29.5 Å². The minimum atomic E-state index is -0.424. The van der Waals surface area contributed by atoms with Gasteiger partial charge in [0.1, 0.15) is 5.75 Å². The van der Waals surface area contributed by atoms with E-state index in [9.17, 15) is 4.79 Å². The second-order valence-corrected chi connectivity index (χ2v) is 5.27. The molecule has 21 heavy (non-hydrogen) atoms. The van der Waals surface area contributed by atoms with Gasteiger partial charge in [-0.1, -0.05) is 17.7 Å². The summed E-state index contributed by atoms with van der Waals surface area (Å²) in [7, 11) is 2.89. The van der Waals surface area contributed by atoms with E-state index in [1.165, 1.54) is 7.11 Å². The Balaban J connectivity index is 2.48. The van der Waals surface area contributed by atoms with E-state index in [0.29, 0.717) is 27.2 Å². The number of ether oxygens (including phenoxy) is 2. The first-order valence-electron chi connectivity index (χ1n) is 6.18. The number of nitrogens with one attached hydrogen (secondary N) is 2. The van der Waals surface area contributed by atoms with Gasteiger partial charge in [-0.3, -0.25) is 0 Å². The molecular weight excluding hydrogens is 312 g/mol. The highest BCUT2D eigenvalue weighted by atomic mass is 35.5. The summed E-state index contributed by atoms with van der Waals surface area (Å²) in [5.74, 6) is 0.143. The summed E-state index contributed by atoms with van der Waals surface area (Å²) in [5, 5.41) is 6.88. The van der Waals surface area contributed by atoms with Gasteiger partial charge in [-0.25, -0.2) is 4.79 Å². The van der Waals surface area contributed by atoms with Gasteiger partial charge >= 0.3 is 5.97 Å². The third-order valence-electron chi connectivity index (χ3n) is 3.18. The van der Waals surface area contributed by atoms with Crippen LogP contribution in [0.4, 0.5) is 0 Å². The first kappa shape index (κ1) is 15.6. The molecule has 0 aromatic heterocycles. The van der Waals surface area contributed by atoms with E-state index in [0.717, 1.165) is 5.56 Å². The lowest BCUT2D eigenvalue weighted by atomic mass is 9.95. The fourth-order valence-electron chi connectivity index (χ4n) is 2.19. The largest absolute Gasteiger partial charge is 0.495 e. The second-order valence-electron chi connectivity index (χ2n) is 4.46. The molecule has 2 rings (SSSR count). The quantitative estimate of drug-likeness (QED) is 0.656. The first-order chi connectivity index (χ1) is 9.97. The summed E-state index contributed by atoms with van der Waals surface area (Å²) >= 11 is 11.3. The number of thiocarbonyl (C=S) groups is 1. The highest BCUT2D eigenvalue weighted by Gasteiger charge is 2.30. The molecule has 5 nitrogen and oxygen atoms in total. The van der Waals surface area contributed by atoms with E-state index in [1.807, 2.05) is 6.07 Å². The van der Waals surface area contributed by atoms with Crippen molar-refractivity contribution in [1.82, 2.24) is 10.6 Å². The molecule has 1 atom stereocenters. The fraction of sp³-hybridized carbons (Fsp3) is 0.286. The van der Waals surface area contributed by atoms with Crippen LogP contribution in [0.3, 0.4) is 0 Å². The van der Waals surface area contributed by atoms with Crippen LogP contribution in [0.1, 0.15) is 18.5 Å². The van der Waals surface area contributed by atoms with Crippen LogP contribution in [0, 0.1) is 0 Å². The lowest BCUT2D eigenvalue weighted by molar-refractivity contribution is -0.136. The maximum absolute atomic E-state index is 12.0. The lowest BCUT2D eigenvalue weighted by Gasteiger charge is -2.29. The number of methoxy groups -OCH3 is 2. The number of rotatable bonds is 3.